The number of aromatic nitrogens is 2. The summed E-state index contributed by atoms with van der Waals surface area (Å²) in [6, 6.07) is 8.12. The van der Waals surface area contributed by atoms with Crippen LogP contribution in [0.15, 0.2) is 41.3 Å². The molecular weight excluding hydrogens is 443 g/mol. The number of alkyl halides is 3. The van der Waals surface area contributed by atoms with Gasteiger partial charge in [0.15, 0.2) is 11.6 Å². The van der Waals surface area contributed by atoms with Crippen LogP contribution >= 0.6 is 0 Å². The van der Waals surface area contributed by atoms with E-state index in [0.717, 1.165) is 37.3 Å². The molecule has 0 amide bonds. The third kappa shape index (κ3) is 4.68. The Morgan fingerprint density at radius 1 is 0.938 bits per heavy atom. The van der Waals surface area contributed by atoms with Gasteiger partial charge >= 0.3 is 6.18 Å². The first-order valence-corrected chi connectivity index (χ1v) is 12.1. The Kier molecular flexibility index (Phi) is 6.30. The number of piperidine rings is 1. The lowest BCUT2D eigenvalue weighted by Gasteiger charge is -2.35. The van der Waals surface area contributed by atoms with Crippen molar-refractivity contribution in [2.75, 3.05) is 42.5 Å². The maximum absolute atomic E-state index is 13.0. The van der Waals surface area contributed by atoms with Gasteiger partial charge in [0, 0.05) is 38.8 Å². The van der Waals surface area contributed by atoms with Crippen LogP contribution in [0.25, 0.3) is 0 Å². The minimum atomic E-state index is -4.60. The summed E-state index contributed by atoms with van der Waals surface area (Å²) >= 11 is 0. The lowest BCUT2D eigenvalue weighted by Crippen LogP contribution is -2.49. The summed E-state index contributed by atoms with van der Waals surface area (Å²) in [7, 11) is -4.01. The van der Waals surface area contributed by atoms with Crippen molar-refractivity contribution in [1.82, 2.24) is 14.5 Å². The van der Waals surface area contributed by atoms with E-state index in [-0.39, 0.29) is 18.0 Å². The smallest absolute Gasteiger partial charge is 0.352 e. The van der Waals surface area contributed by atoms with Crippen molar-refractivity contribution in [3.8, 4) is 0 Å². The van der Waals surface area contributed by atoms with Gasteiger partial charge in [0.25, 0.3) is 0 Å². The third-order valence-electron chi connectivity index (χ3n) is 6.10. The van der Waals surface area contributed by atoms with E-state index in [1.807, 2.05) is 17.0 Å². The maximum Gasteiger partial charge on any atom is 0.416 e. The Bertz CT molecular complexity index is 1040. The highest BCUT2D eigenvalue weighted by molar-refractivity contribution is 7.89. The summed E-state index contributed by atoms with van der Waals surface area (Å²) in [5.41, 5.74) is -0.976. The van der Waals surface area contributed by atoms with Crippen molar-refractivity contribution >= 4 is 21.7 Å². The molecule has 2 fully saturated rings. The number of anilines is 2. The molecule has 0 N–H and O–H groups in total. The molecule has 1 atom stereocenters. The number of halogens is 3. The molecule has 0 radical (unpaired) electrons. The first-order chi connectivity index (χ1) is 15.2. The second-order valence-corrected chi connectivity index (χ2v) is 10.1. The minimum Gasteiger partial charge on any atom is -0.352 e. The van der Waals surface area contributed by atoms with Gasteiger partial charge in [-0.25, -0.2) is 8.42 Å². The highest BCUT2D eigenvalue weighted by Crippen LogP contribution is 2.31. The van der Waals surface area contributed by atoms with Crippen molar-refractivity contribution in [2.45, 2.75) is 43.3 Å². The van der Waals surface area contributed by atoms with E-state index in [1.54, 1.807) is 0 Å². The van der Waals surface area contributed by atoms with Crippen molar-refractivity contribution < 1.29 is 21.6 Å². The number of piperazine rings is 1. The van der Waals surface area contributed by atoms with Crippen LogP contribution in [0.5, 0.6) is 0 Å². The zero-order valence-corrected chi connectivity index (χ0v) is 18.6. The van der Waals surface area contributed by atoms with Crippen LogP contribution in [0.3, 0.4) is 0 Å². The molecule has 11 heteroatoms. The van der Waals surface area contributed by atoms with Crippen molar-refractivity contribution in [2.24, 2.45) is 0 Å². The normalized spacial score (nSPS) is 21.1. The van der Waals surface area contributed by atoms with E-state index in [9.17, 15) is 21.6 Å². The zero-order chi connectivity index (χ0) is 22.9. The Labute approximate surface area is 185 Å². The van der Waals surface area contributed by atoms with Crippen LogP contribution in [0.4, 0.5) is 24.8 Å². The molecular formula is C21H26F3N5O2S. The van der Waals surface area contributed by atoms with Crippen LogP contribution < -0.4 is 9.80 Å². The predicted octanol–water partition coefficient (Wildman–Crippen LogP) is 3.39. The average Bonchev–Trinajstić information content (AvgIpc) is 2.79. The third-order valence-corrected chi connectivity index (χ3v) is 7.99. The van der Waals surface area contributed by atoms with E-state index >= 15 is 0 Å². The number of hydrogen-bond acceptors (Lipinski definition) is 6. The van der Waals surface area contributed by atoms with Crippen molar-refractivity contribution in [3.05, 3.63) is 42.0 Å². The first kappa shape index (κ1) is 22.8. The van der Waals surface area contributed by atoms with Crippen LogP contribution in [-0.4, -0.2) is 61.7 Å². The van der Waals surface area contributed by atoms with E-state index in [1.165, 1.54) is 16.8 Å². The fourth-order valence-electron chi connectivity index (χ4n) is 4.22. The van der Waals surface area contributed by atoms with E-state index in [4.69, 9.17) is 0 Å². The second kappa shape index (κ2) is 8.86. The summed E-state index contributed by atoms with van der Waals surface area (Å²) in [6.45, 7) is 4.22. The molecule has 2 aliphatic rings. The first-order valence-electron chi connectivity index (χ1n) is 10.7. The van der Waals surface area contributed by atoms with Gasteiger partial charge in [0.05, 0.1) is 10.5 Å². The topological polar surface area (TPSA) is 69.6 Å². The maximum atomic E-state index is 13.0. The Morgan fingerprint density at radius 2 is 1.62 bits per heavy atom. The minimum absolute atomic E-state index is 0.158. The highest BCUT2D eigenvalue weighted by atomic mass is 32.2. The molecule has 2 saturated heterocycles. The Morgan fingerprint density at radius 3 is 2.25 bits per heavy atom. The van der Waals surface area contributed by atoms with E-state index in [0.29, 0.717) is 31.0 Å². The van der Waals surface area contributed by atoms with E-state index in [2.05, 4.69) is 22.0 Å². The monoisotopic (exact) mass is 469 g/mol. The van der Waals surface area contributed by atoms with Gasteiger partial charge in [-0.2, -0.15) is 17.5 Å². The van der Waals surface area contributed by atoms with Gasteiger partial charge < -0.3 is 9.80 Å². The molecule has 0 spiro atoms. The fourth-order valence-corrected chi connectivity index (χ4v) is 5.69. The molecule has 1 unspecified atom stereocenters. The molecule has 174 valence electrons. The summed E-state index contributed by atoms with van der Waals surface area (Å²) in [5, 5.41) is 8.71. The van der Waals surface area contributed by atoms with Crippen molar-refractivity contribution in [1.29, 1.82) is 0 Å². The number of benzene rings is 1. The van der Waals surface area contributed by atoms with E-state index < -0.39 is 21.8 Å². The van der Waals surface area contributed by atoms with Crippen LogP contribution in [-0.2, 0) is 16.2 Å². The molecule has 2 aliphatic heterocycles. The van der Waals surface area contributed by atoms with Gasteiger partial charge in [-0.15, -0.1) is 10.2 Å². The highest BCUT2D eigenvalue weighted by Gasteiger charge is 2.34. The van der Waals surface area contributed by atoms with Crippen LogP contribution in [0, 0.1) is 0 Å². The second-order valence-electron chi connectivity index (χ2n) is 8.20. The van der Waals surface area contributed by atoms with Crippen LogP contribution in [0.1, 0.15) is 31.7 Å². The summed E-state index contributed by atoms with van der Waals surface area (Å²) in [5.74, 6) is 1.50. The largest absolute Gasteiger partial charge is 0.416 e. The molecule has 1 aromatic heterocycles. The summed E-state index contributed by atoms with van der Waals surface area (Å²) < 4.78 is 65.9. The number of nitrogens with zero attached hydrogens (tertiary/aromatic N) is 5. The van der Waals surface area contributed by atoms with Gasteiger partial charge in [-0.05, 0) is 56.5 Å². The summed E-state index contributed by atoms with van der Waals surface area (Å²) in [6.07, 6.45) is -1.11. The van der Waals surface area contributed by atoms with Crippen molar-refractivity contribution in [3.63, 3.8) is 0 Å². The molecule has 2 aromatic rings. The Hall–Kier alpha value is -2.40. The molecule has 0 bridgehead atoms. The lowest BCUT2D eigenvalue weighted by atomic mass is 10.0. The molecule has 1 aromatic carbocycles. The summed E-state index contributed by atoms with van der Waals surface area (Å²) in [4.78, 5) is 3.84. The number of hydrogen-bond donors (Lipinski definition) is 0. The fraction of sp³-hybridized carbons (Fsp3) is 0.524. The quantitative estimate of drug-likeness (QED) is 0.684. The zero-order valence-electron chi connectivity index (χ0n) is 17.8. The van der Waals surface area contributed by atoms with Crippen LogP contribution in [0.2, 0.25) is 0 Å². The lowest BCUT2D eigenvalue weighted by molar-refractivity contribution is -0.137. The van der Waals surface area contributed by atoms with Gasteiger partial charge in [-0.3, -0.25) is 0 Å². The molecule has 4 rings (SSSR count). The molecule has 7 nitrogen and oxygen atoms in total. The standard InChI is InChI=1S/C21H26F3N5O2S/c1-16-5-2-3-10-29(16)20-9-8-19(25-26-20)27-11-13-28(14-12-27)32(30,31)18-7-4-6-17(15-18)21(22,23)24/h4,6-9,15-16H,2-3,5,10-14H2,1H3. The predicted molar refractivity (Wildman–Crippen MR) is 115 cm³/mol. The Balaban J connectivity index is 1.42. The molecule has 32 heavy (non-hydrogen) atoms. The SMILES string of the molecule is CC1CCCCN1c1ccc(N2CCN(S(=O)(=O)c3cccc(C(F)(F)F)c3)CC2)nn1. The average molecular weight is 470 g/mol. The van der Waals surface area contributed by atoms with Gasteiger partial charge in [-0.1, -0.05) is 6.07 Å². The molecule has 0 aliphatic carbocycles. The number of sulfonamides is 1. The molecule has 0 saturated carbocycles. The molecule has 3 heterocycles. The van der Waals surface area contributed by atoms with Gasteiger partial charge in [0.1, 0.15) is 0 Å². The number of rotatable bonds is 4. The van der Waals surface area contributed by atoms with Gasteiger partial charge in [0.2, 0.25) is 10.0 Å².